The Morgan fingerprint density at radius 2 is 2.06 bits per heavy atom. The van der Waals surface area contributed by atoms with E-state index in [1.54, 1.807) is 25.1 Å². The summed E-state index contributed by atoms with van der Waals surface area (Å²) in [6, 6.07) is 5.08. The van der Waals surface area contributed by atoms with E-state index >= 15 is 0 Å². The van der Waals surface area contributed by atoms with E-state index in [2.05, 4.69) is 9.97 Å². The number of carbonyl (C=O) groups is 1. The summed E-state index contributed by atoms with van der Waals surface area (Å²) in [5.41, 5.74) is 7.08. The highest BCUT2D eigenvalue weighted by Gasteiger charge is 2.14. The fourth-order valence-electron chi connectivity index (χ4n) is 1.58. The summed E-state index contributed by atoms with van der Waals surface area (Å²) in [5, 5.41) is 0. The van der Waals surface area contributed by atoms with Gasteiger partial charge in [0.25, 0.3) is 0 Å². The largest absolute Gasteiger partial charge is 0.330 e. The Kier molecular flexibility index (Phi) is 2.62. The van der Waals surface area contributed by atoms with Crippen molar-refractivity contribution in [1.29, 1.82) is 0 Å². The maximum absolute atomic E-state index is 11.8. The van der Waals surface area contributed by atoms with Crippen LogP contribution in [0.25, 0.3) is 11.0 Å². The standard InChI is InChI=1S/C11H13N3O2/c1-6(5-12)10(15)7-2-3-8-9(4-7)14-11(16)13-8/h2-4,6H,5,12H2,1H3,(H2,13,14,16). The molecule has 1 heterocycles. The molecule has 1 unspecified atom stereocenters. The van der Waals surface area contributed by atoms with E-state index in [-0.39, 0.29) is 17.4 Å². The summed E-state index contributed by atoms with van der Waals surface area (Å²) >= 11 is 0. The van der Waals surface area contributed by atoms with Gasteiger partial charge >= 0.3 is 5.69 Å². The number of nitrogens with one attached hydrogen (secondary N) is 2. The molecule has 0 amide bonds. The van der Waals surface area contributed by atoms with Crippen molar-refractivity contribution in [1.82, 2.24) is 9.97 Å². The Bertz CT molecular complexity index is 582. The van der Waals surface area contributed by atoms with Gasteiger partial charge in [-0.25, -0.2) is 4.79 Å². The van der Waals surface area contributed by atoms with Crippen molar-refractivity contribution in [3.63, 3.8) is 0 Å². The molecule has 1 aromatic carbocycles. The van der Waals surface area contributed by atoms with Crippen LogP contribution in [0.2, 0.25) is 0 Å². The zero-order valence-corrected chi connectivity index (χ0v) is 8.91. The number of aromatic nitrogens is 2. The normalized spacial score (nSPS) is 12.9. The average Bonchev–Trinajstić information content (AvgIpc) is 2.65. The zero-order valence-electron chi connectivity index (χ0n) is 8.91. The molecule has 0 aliphatic heterocycles. The fourth-order valence-corrected chi connectivity index (χ4v) is 1.58. The minimum atomic E-state index is -0.272. The molecule has 5 heteroatoms. The zero-order chi connectivity index (χ0) is 11.7. The summed E-state index contributed by atoms with van der Waals surface area (Å²) < 4.78 is 0. The first-order chi connectivity index (χ1) is 7.61. The SMILES string of the molecule is CC(CN)C(=O)c1ccc2[nH]c(=O)[nH]c2c1. The van der Waals surface area contributed by atoms with Gasteiger partial charge in [-0.05, 0) is 18.2 Å². The van der Waals surface area contributed by atoms with Crippen LogP contribution in [0.5, 0.6) is 0 Å². The van der Waals surface area contributed by atoms with E-state index in [4.69, 9.17) is 5.73 Å². The molecule has 0 radical (unpaired) electrons. The number of aromatic amines is 2. The van der Waals surface area contributed by atoms with E-state index in [0.717, 1.165) is 0 Å². The lowest BCUT2D eigenvalue weighted by Crippen LogP contribution is -2.20. The first-order valence-electron chi connectivity index (χ1n) is 5.08. The number of H-pyrrole nitrogens is 2. The summed E-state index contributed by atoms with van der Waals surface area (Å²) in [5.74, 6) is -0.213. The van der Waals surface area contributed by atoms with Crippen LogP contribution < -0.4 is 11.4 Å². The van der Waals surface area contributed by atoms with E-state index in [9.17, 15) is 9.59 Å². The van der Waals surface area contributed by atoms with Gasteiger partial charge in [0, 0.05) is 18.0 Å². The summed E-state index contributed by atoms with van der Waals surface area (Å²) in [6.45, 7) is 2.10. The van der Waals surface area contributed by atoms with E-state index in [1.807, 2.05) is 0 Å². The third kappa shape index (κ3) is 1.77. The maximum Gasteiger partial charge on any atom is 0.323 e. The second kappa shape index (κ2) is 3.94. The van der Waals surface area contributed by atoms with Crippen molar-refractivity contribution in [2.24, 2.45) is 11.7 Å². The second-order valence-electron chi connectivity index (χ2n) is 3.84. The lowest BCUT2D eigenvalue weighted by molar-refractivity contribution is 0.0934. The predicted molar refractivity (Wildman–Crippen MR) is 61.5 cm³/mol. The number of carbonyl (C=O) groups excluding carboxylic acids is 1. The van der Waals surface area contributed by atoms with Crippen LogP contribution in [-0.4, -0.2) is 22.3 Å². The fraction of sp³-hybridized carbons (Fsp3) is 0.273. The van der Waals surface area contributed by atoms with Crippen molar-refractivity contribution in [2.75, 3.05) is 6.54 Å². The Balaban J connectivity index is 2.46. The maximum atomic E-state index is 11.8. The van der Waals surface area contributed by atoms with Crippen LogP contribution in [0.1, 0.15) is 17.3 Å². The number of hydrogen-bond acceptors (Lipinski definition) is 3. The number of ketones is 1. The Labute approximate surface area is 91.7 Å². The van der Waals surface area contributed by atoms with E-state index in [1.165, 1.54) is 0 Å². The molecule has 16 heavy (non-hydrogen) atoms. The first kappa shape index (κ1) is 10.6. The minimum absolute atomic E-state index is 0.00792. The topological polar surface area (TPSA) is 91.7 Å². The molecule has 0 fully saturated rings. The van der Waals surface area contributed by atoms with Crippen LogP contribution in [0.3, 0.4) is 0 Å². The highest BCUT2D eigenvalue weighted by atomic mass is 16.1. The number of nitrogens with two attached hydrogens (primary N) is 1. The highest BCUT2D eigenvalue weighted by molar-refractivity contribution is 6.00. The highest BCUT2D eigenvalue weighted by Crippen LogP contribution is 2.13. The Morgan fingerprint density at radius 3 is 2.75 bits per heavy atom. The summed E-state index contributed by atoms with van der Waals surface area (Å²) in [7, 11) is 0. The molecule has 1 atom stereocenters. The summed E-state index contributed by atoms with van der Waals surface area (Å²) in [6.07, 6.45) is 0. The lowest BCUT2D eigenvalue weighted by atomic mass is 9.99. The Hall–Kier alpha value is -1.88. The van der Waals surface area contributed by atoms with Crippen molar-refractivity contribution < 1.29 is 4.79 Å². The molecular weight excluding hydrogens is 206 g/mol. The van der Waals surface area contributed by atoms with Gasteiger partial charge in [0.2, 0.25) is 0 Å². The van der Waals surface area contributed by atoms with Crippen LogP contribution >= 0.6 is 0 Å². The molecule has 0 aliphatic carbocycles. The van der Waals surface area contributed by atoms with Gasteiger partial charge in [-0.3, -0.25) is 4.79 Å². The van der Waals surface area contributed by atoms with E-state index in [0.29, 0.717) is 23.1 Å². The molecule has 0 aliphatic rings. The van der Waals surface area contributed by atoms with Crippen molar-refractivity contribution in [2.45, 2.75) is 6.92 Å². The summed E-state index contributed by atoms with van der Waals surface area (Å²) in [4.78, 5) is 28.1. The third-order valence-electron chi connectivity index (χ3n) is 2.60. The van der Waals surface area contributed by atoms with E-state index < -0.39 is 0 Å². The lowest BCUT2D eigenvalue weighted by Gasteiger charge is -2.06. The van der Waals surface area contributed by atoms with Crippen LogP contribution in [0.4, 0.5) is 0 Å². The number of fused-ring (bicyclic) bond motifs is 1. The average molecular weight is 219 g/mol. The number of hydrogen-bond donors (Lipinski definition) is 3. The van der Waals surface area contributed by atoms with Gasteiger partial charge in [-0.2, -0.15) is 0 Å². The molecule has 0 bridgehead atoms. The number of rotatable bonds is 3. The third-order valence-corrected chi connectivity index (χ3v) is 2.60. The predicted octanol–water partition coefficient (Wildman–Crippen LogP) is 0.634. The van der Waals surface area contributed by atoms with Gasteiger partial charge in [0.15, 0.2) is 5.78 Å². The van der Waals surface area contributed by atoms with Gasteiger partial charge < -0.3 is 15.7 Å². The molecule has 1 aromatic heterocycles. The number of imidazole rings is 1. The van der Waals surface area contributed by atoms with Gasteiger partial charge in [-0.15, -0.1) is 0 Å². The van der Waals surface area contributed by atoms with Crippen LogP contribution in [-0.2, 0) is 0 Å². The number of benzene rings is 1. The molecule has 0 spiro atoms. The van der Waals surface area contributed by atoms with Gasteiger partial charge in [-0.1, -0.05) is 6.92 Å². The van der Waals surface area contributed by atoms with Crippen molar-refractivity contribution in [3.8, 4) is 0 Å². The first-order valence-corrected chi connectivity index (χ1v) is 5.08. The molecule has 4 N–H and O–H groups in total. The molecule has 5 nitrogen and oxygen atoms in total. The van der Waals surface area contributed by atoms with Crippen LogP contribution in [0.15, 0.2) is 23.0 Å². The molecular formula is C11H13N3O2. The second-order valence-corrected chi connectivity index (χ2v) is 3.84. The molecule has 0 saturated heterocycles. The Morgan fingerprint density at radius 1 is 1.38 bits per heavy atom. The molecule has 2 aromatic rings. The molecule has 0 saturated carbocycles. The monoisotopic (exact) mass is 219 g/mol. The smallest absolute Gasteiger partial charge is 0.323 e. The van der Waals surface area contributed by atoms with Gasteiger partial charge in [0.05, 0.1) is 11.0 Å². The van der Waals surface area contributed by atoms with Crippen LogP contribution in [0, 0.1) is 5.92 Å². The van der Waals surface area contributed by atoms with Crippen molar-refractivity contribution >= 4 is 16.8 Å². The minimum Gasteiger partial charge on any atom is -0.330 e. The number of Topliss-reactive ketones (excluding diaryl/α,β-unsaturated/α-hetero) is 1. The molecule has 84 valence electrons. The molecule has 2 rings (SSSR count). The van der Waals surface area contributed by atoms with Gasteiger partial charge in [0.1, 0.15) is 0 Å². The van der Waals surface area contributed by atoms with Crippen molar-refractivity contribution in [3.05, 3.63) is 34.2 Å². The quantitative estimate of drug-likeness (QED) is 0.661.